The summed E-state index contributed by atoms with van der Waals surface area (Å²) in [7, 11) is 1.73. The molecule has 5 nitrogen and oxygen atoms in total. The van der Waals surface area contributed by atoms with Crippen molar-refractivity contribution < 1.29 is 10.2 Å². The molecule has 5 heteroatoms. The summed E-state index contributed by atoms with van der Waals surface area (Å²) < 4.78 is 0. The Kier molecular flexibility index (Phi) is 1.85. The minimum Gasteiger partial charge on any atom is -0.504 e. The van der Waals surface area contributed by atoms with Crippen LogP contribution in [0, 0.1) is 0 Å². The van der Waals surface area contributed by atoms with E-state index in [-0.39, 0.29) is 11.5 Å². The predicted molar refractivity (Wildman–Crippen MR) is 52.4 cm³/mol. The van der Waals surface area contributed by atoms with E-state index in [0.29, 0.717) is 16.9 Å². The first-order valence-corrected chi connectivity index (χ1v) is 4.07. The molecule has 2 rings (SSSR count). The Hall–Kier alpha value is -2.04. The van der Waals surface area contributed by atoms with Crippen molar-refractivity contribution in [2.45, 2.75) is 0 Å². The van der Waals surface area contributed by atoms with Crippen LogP contribution >= 0.6 is 0 Å². The summed E-state index contributed by atoms with van der Waals surface area (Å²) >= 11 is 0. The van der Waals surface area contributed by atoms with E-state index in [1.807, 2.05) is 0 Å². The predicted octanol–water partition coefficient (Wildman–Crippen LogP) is 1.08. The molecular formula is C9H9N3O2. The Morgan fingerprint density at radius 2 is 1.79 bits per heavy atom. The molecule has 0 saturated carbocycles. The molecule has 1 aromatic carbocycles. The van der Waals surface area contributed by atoms with Gasteiger partial charge in [0.05, 0.1) is 17.2 Å². The molecule has 14 heavy (non-hydrogen) atoms. The first-order valence-electron chi connectivity index (χ1n) is 4.07. The Morgan fingerprint density at radius 1 is 1.14 bits per heavy atom. The highest BCUT2D eigenvalue weighted by Gasteiger charge is 2.04. The number of fused-ring (bicyclic) bond motifs is 1. The second-order valence-corrected chi connectivity index (χ2v) is 2.83. The first-order chi connectivity index (χ1) is 6.70. The number of phenolic OH excluding ortho intramolecular Hbond substituents is 2. The zero-order chi connectivity index (χ0) is 10.1. The van der Waals surface area contributed by atoms with Crippen LogP contribution in [0.1, 0.15) is 0 Å². The standard InChI is InChI=1S/C9H9N3O2/c1-10-9-4-11-5-2-7(13)8(14)3-6(5)12-9/h2-4,13-14H,1H3,(H,10,12). The van der Waals surface area contributed by atoms with Crippen LogP contribution in [0.25, 0.3) is 11.0 Å². The maximum Gasteiger partial charge on any atom is 0.159 e. The molecule has 0 bridgehead atoms. The van der Waals surface area contributed by atoms with Crippen LogP contribution in [0.4, 0.5) is 5.82 Å². The minimum atomic E-state index is -0.194. The summed E-state index contributed by atoms with van der Waals surface area (Å²) in [6.07, 6.45) is 1.55. The van der Waals surface area contributed by atoms with Gasteiger partial charge in [-0.15, -0.1) is 0 Å². The van der Waals surface area contributed by atoms with Gasteiger partial charge in [-0.05, 0) is 0 Å². The van der Waals surface area contributed by atoms with Gasteiger partial charge in [0.15, 0.2) is 11.5 Å². The molecule has 2 aromatic rings. The Labute approximate surface area is 80.1 Å². The van der Waals surface area contributed by atoms with Gasteiger partial charge in [-0.1, -0.05) is 0 Å². The lowest BCUT2D eigenvalue weighted by Crippen LogP contribution is -1.93. The molecule has 0 unspecified atom stereocenters. The number of aromatic nitrogens is 2. The Morgan fingerprint density at radius 3 is 2.43 bits per heavy atom. The van der Waals surface area contributed by atoms with Gasteiger partial charge in [-0.3, -0.25) is 4.98 Å². The second kappa shape index (κ2) is 3.02. The summed E-state index contributed by atoms with van der Waals surface area (Å²) in [6, 6.07) is 2.75. The summed E-state index contributed by atoms with van der Waals surface area (Å²) in [5.41, 5.74) is 1.08. The van der Waals surface area contributed by atoms with Gasteiger partial charge in [0.2, 0.25) is 0 Å². The number of nitrogens with one attached hydrogen (secondary N) is 1. The number of rotatable bonds is 1. The van der Waals surface area contributed by atoms with Crippen LogP contribution in [-0.2, 0) is 0 Å². The number of nitrogens with zero attached hydrogens (tertiary/aromatic N) is 2. The fourth-order valence-corrected chi connectivity index (χ4v) is 1.16. The quantitative estimate of drug-likeness (QED) is 0.588. The summed E-state index contributed by atoms with van der Waals surface area (Å²) in [6.45, 7) is 0. The second-order valence-electron chi connectivity index (χ2n) is 2.83. The van der Waals surface area contributed by atoms with E-state index in [2.05, 4.69) is 15.3 Å². The molecule has 72 valence electrons. The van der Waals surface area contributed by atoms with E-state index in [9.17, 15) is 10.2 Å². The third kappa shape index (κ3) is 1.28. The normalized spacial score (nSPS) is 10.4. The lowest BCUT2D eigenvalue weighted by atomic mass is 10.2. The van der Waals surface area contributed by atoms with Gasteiger partial charge < -0.3 is 15.5 Å². The van der Waals surface area contributed by atoms with Gasteiger partial charge in [0, 0.05) is 19.2 Å². The lowest BCUT2D eigenvalue weighted by Gasteiger charge is -2.02. The summed E-state index contributed by atoms with van der Waals surface area (Å²) in [4.78, 5) is 8.21. The van der Waals surface area contributed by atoms with E-state index < -0.39 is 0 Å². The van der Waals surface area contributed by atoms with E-state index in [4.69, 9.17) is 0 Å². The molecule has 0 saturated heterocycles. The zero-order valence-corrected chi connectivity index (χ0v) is 7.52. The summed E-state index contributed by atoms with van der Waals surface area (Å²) in [5.74, 6) is 0.228. The summed E-state index contributed by atoms with van der Waals surface area (Å²) in [5, 5.41) is 21.3. The molecule has 0 radical (unpaired) electrons. The van der Waals surface area contributed by atoms with Gasteiger partial charge in [0.1, 0.15) is 5.82 Å². The monoisotopic (exact) mass is 191 g/mol. The Balaban J connectivity index is 2.70. The number of phenols is 2. The largest absolute Gasteiger partial charge is 0.504 e. The Bertz CT molecular complexity index is 485. The molecule has 3 N–H and O–H groups in total. The minimum absolute atomic E-state index is 0.191. The van der Waals surface area contributed by atoms with Crippen molar-refractivity contribution >= 4 is 16.9 Å². The molecule has 0 aliphatic carbocycles. The van der Waals surface area contributed by atoms with E-state index in [0.717, 1.165) is 0 Å². The number of benzene rings is 1. The van der Waals surface area contributed by atoms with Crippen LogP contribution in [0.2, 0.25) is 0 Å². The smallest absolute Gasteiger partial charge is 0.159 e. The van der Waals surface area contributed by atoms with Gasteiger partial charge >= 0.3 is 0 Å². The number of hydrogen-bond acceptors (Lipinski definition) is 5. The highest BCUT2D eigenvalue weighted by molar-refractivity contribution is 5.79. The topological polar surface area (TPSA) is 78.3 Å². The molecule has 0 aliphatic rings. The third-order valence-corrected chi connectivity index (χ3v) is 1.89. The number of anilines is 1. The van der Waals surface area contributed by atoms with Crippen molar-refractivity contribution in [1.29, 1.82) is 0 Å². The molecule has 1 aromatic heterocycles. The van der Waals surface area contributed by atoms with Crippen molar-refractivity contribution in [2.24, 2.45) is 0 Å². The fourth-order valence-electron chi connectivity index (χ4n) is 1.16. The van der Waals surface area contributed by atoms with E-state index in [1.165, 1.54) is 12.1 Å². The van der Waals surface area contributed by atoms with E-state index >= 15 is 0 Å². The average molecular weight is 191 g/mol. The maximum atomic E-state index is 9.24. The van der Waals surface area contributed by atoms with Gasteiger partial charge in [-0.25, -0.2) is 4.98 Å². The molecule has 1 heterocycles. The highest BCUT2D eigenvalue weighted by atomic mass is 16.3. The molecular weight excluding hydrogens is 182 g/mol. The third-order valence-electron chi connectivity index (χ3n) is 1.89. The number of aromatic hydroxyl groups is 2. The maximum absolute atomic E-state index is 9.24. The molecule has 0 aliphatic heterocycles. The highest BCUT2D eigenvalue weighted by Crippen LogP contribution is 2.28. The molecule has 0 spiro atoms. The van der Waals surface area contributed by atoms with Crippen LogP contribution in [0.5, 0.6) is 11.5 Å². The first kappa shape index (κ1) is 8.55. The van der Waals surface area contributed by atoms with Crippen molar-refractivity contribution in [3.05, 3.63) is 18.3 Å². The van der Waals surface area contributed by atoms with Crippen molar-refractivity contribution in [2.75, 3.05) is 12.4 Å². The fraction of sp³-hybridized carbons (Fsp3) is 0.111. The van der Waals surface area contributed by atoms with Crippen molar-refractivity contribution in [3.63, 3.8) is 0 Å². The van der Waals surface area contributed by atoms with Crippen LogP contribution in [0.15, 0.2) is 18.3 Å². The van der Waals surface area contributed by atoms with Crippen LogP contribution in [0.3, 0.4) is 0 Å². The van der Waals surface area contributed by atoms with Crippen LogP contribution < -0.4 is 5.32 Å². The van der Waals surface area contributed by atoms with Gasteiger partial charge in [-0.2, -0.15) is 0 Å². The van der Waals surface area contributed by atoms with Crippen molar-refractivity contribution in [3.8, 4) is 11.5 Å². The average Bonchev–Trinajstić information content (AvgIpc) is 2.19. The van der Waals surface area contributed by atoms with Crippen LogP contribution in [-0.4, -0.2) is 27.2 Å². The molecule has 0 amide bonds. The van der Waals surface area contributed by atoms with E-state index in [1.54, 1.807) is 13.2 Å². The molecule has 0 atom stereocenters. The molecule has 0 fully saturated rings. The number of hydrogen-bond donors (Lipinski definition) is 3. The lowest BCUT2D eigenvalue weighted by molar-refractivity contribution is 0.404. The van der Waals surface area contributed by atoms with Gasteiger partial charge in [0.25, 0.3) is 0 Å². The zero-order valence-electron chi connectivity index (χ0n) is 7.52. The van der Waals surface area contributed by atoms with Crippen molar-refractivity contribution in [1.82, 2.24) is 9.97 Å². The SMILES string of the molecule is CNc1cnc2cc(O)c(O)cc2n1.